The van der Waals surface area contributed by atoms with Crippen LogP contribution in [-0.4, -0.2) is 46.1 Å². The SMILES string of the molecule is CCCNc1snnc1CN1CCNC(=O)C1CC. The van der Waals surface area contributed by atoms with Crippen molar-refractivity contribution in [2.24, 2.45) is 0 Å². The maximum Gasteiger partial charge on any atom is 0.237 e. The van der Waals surface area contributed by atoms with Gasteiger partial charge in [-0.3, -0.25) is 9.69 Å². The predicted molar refractivity (Wildman–Crippen MR) is 76.2 cm³/mol. The number of anilines is 1. The lowest BCUT2D eigenvalue weighted by atomic mass is 10.1. The van der Waals surface area contributed by atoms with E-state index in [0.717, 1.165) is 36.6 Å². The molecular formula is C12H21N5OS. The molecule has 106 valence electrons. The second-order valence-corrected chi connectivity index (χ2v) is 5.42. The van der Waals surface area contributed by atoms with Crippen LogP contribution in [0.4, 0.5) is 5.00 Å². The number of rotatable bonds is 6. The standard InChI is InChI=1S/C12H21N5OS/c1-3-5-14-12-9(15-16-19-12)8-17-7-6-13-11(18)10(17)4-2/h10,14H,3-8H2,1-2H3,(H,13,18). The van der Waals surface area contributed by atoms with E-state index < -0.39 is 0 Å². The van der Waals surface area contributed by atoms with E-state index in [-0.39, 0.29) is 11.9 Å². The molecule has 0 saturated carbocycles. The molecule has 1 aliphatic heterocycles. The first-order valence-electron chi connectivity index (χ1n) is 6.83. The molecule has 0 aromatic carbocycles. The van der Waals surface area contributed by atoms with E-state index in [1.807, 2.05) is 6.92 Å². The Bertz CT molecular complexity index is 422. The van der Waals surface area contributed by atoms with Crippen LogP contribution in [0.3, 0.4) is 0 Å². The average molecular weight is 283 g/mol. The fourth-order valence-electron chi connectivity index (χ4n) is 2.27. The van der Waals surface area contributed by atoms with Crippen LogP contribution in [0, 0.1) is 0 Å². The fourth-order valence-corrected chi connectivity index (χ4v) is 2.87. The Kier molecular flexibility index (Phi) is 5.09. The molecule has 1 aliphatic rings. The third kappa shape index (κ3) is 3.42. The van der Waals surface area contributed by atoms with Gasteiger partial charge in [-0.15, -0.1) is 5.10 Å². The number of hydrogen-bond acceptors (Lipinski definition) is 6. The molecule has 2 heterocycles. The Morgan fingerprint density at radius 2 is 2.37 bits per heavy atom. The van der Waals surface area contributed by atoms with Gasteiger partial charge >= 0.3 is 0 Å². The lowest BCUT2D eigenvalue weighted by molar-refractivity contribution is -0.129. The molecule has 1 unspecified atom stereocenters. The predicted octanol–water partition coefficient (Wildman–Crippen LogP) is 1.07. The summed E-state index contributed by atoms with van der Waals surface area (Å²) in [4.78, 5) is 14.0. The summed E-state index contributed by atoms with van der Waals surface area (Å²) < 4.78 is 4.01. The highest BCUT2D eigenvalue weighted by molar-refractivity contribution is 7.10. The molecule has 2 N–H and O–H groups in total. The molecule has 0 radical (unpaired) electrons. The largest absolute Gasteiger partial charge is 0.374 e. The third-order valence-corrected chi connectivity index (χ3v) is 4.00. The van der Waals surface area contributed by atoms with Crippen LogP contribution in [-0.2, 0) is 11.3 Å². The van der Waals surface area contributed by atoms with Gasteiger partial charge in [-0.05, 0) is 12.8 Å². The Morgan fingerprint density at radius 3 is 3.11 bits per heavy atom. The van der Waals surface area contributed by atoms with Crippen molar-refractivity contribution in [2.75, 3.05) is 25.0 Å². The van der Waals surface area contributed by atoms with Crippen LogP contribution in [0.25, 0.3) is 0 Å². The second-order valence-electron chi connectivity index (χ2n) is 4.66. The molecule has 6 nitrogen and oxygen atoms in total. The molecule has 2 rings (SSSR count). The minimum Gasteiger partial charge on any atom is -0.374 e. The van der Waals surface area contributed by atoms with Gasteiger partial charge in [0.15, 0.2) is 0 Å². The van der Waals surface area contributed by atoms with Gasteiger partial charge in [-0.2, -0.15) is 0 Å². The number of amides is 1. The van der Waals surface area contributed by atoms with Gasteiger partial charge in [0.25, 0.3) is 0 Å². The zero-order chi connectivity index (χ0) is 13.7. The molecule has 0 aliphatic carbocycles. The van der Waals surface area contributed by atoms with Crippen LogP contribution in [0.2, 0.25) is 0 Å². The highest BCUT2D eigenvalue weighted by Crippen LogP contribution is 2.21. The van der Waals surface area contributed by atoms with Crippen molar-refractivity contribution in [3.8, 4) is 0 Å². The summed E-state index contributed by atoms with van der Waals surface area (Å²) in [7, 11) is 0. The van der Waals surface area contributed by atoms with Crippen molar-refractivity contribution in [1.29, 1.82) is 0 Å². The van der Waals surface area contributed by atoms with E-state index in [1.165, 1.54) is 11.5 Å². The zero-order valence-corrected chi connectivity index (χ0v) is 12.3. The average Bonchev–Trinajstić information content (AvgIpc) is 2.84. The molecule has 1 aromatic heterocycles. The van der Waals surface area contributed by atoms with Crippen molar-refractivity contribution in [3.05, 3.63) is 5.69 Å². The Balaban J connectivity index is 2.03. The summed E-state index contributed by atoms with van der Waals surface area (Å²) >= 11 is 1.39. The molecule has 1 aromatic rings. The highest BCUT2D eigenvalue weighted by Gasteiger charge is 2.29. The molecule has 7 heteroatoms. The minimum absolute atomic E-state index is 0.0468. The summed E-state index contributed by atoms with van der Waals surface area (Å²) in [6.07, 6.45) is 1.89. The number of piperazine rings is 1. The number of nitrogens with one attached hydrogen (secondary N) is 2. The van der Waals surface area contributed by atoms with E-state index in [0.29, 0.717) is 13.1 Å². The Labute approximate surface area is 117 Å². The van der Waals surface area contributed by atoms with Gasteiger partial charge in [0.05, 0.1) is 6.04 Å². The van der Waals surface area contributed by atoms with Gasteiger partial charge in [0.1, 0.15) is 10.7 Å². The first-order valence-corrected chi connectivity index (χ1v) is 7.60. The first-order chi connectivity index (χ1) is 9.26. The second kappa shape index (κ2) is 6.81. The minimum atomic E-state index is -0.0468. The maximum atomic E-state index is 11.8. The zero-order valence-electron chi connectivity index (χ0n) is 11.5. The monoisotopic (exact) mass is 283 g/mol. The van der Waals surface area contributed by atoms with Crippen LogP contribution in [0.15, 0.2) is 0 Å². The summed E-state index contributed by atoms with van der Waals surface area (Å²) in [5.74, 6) is 0.125. The van der Waals surface area contributed by atoms with Crippen molar-refractivity contribution in [3.63, 3.8) is 0 Å². The van der Waals surface area contributed by atoms with Gasteiger partial charge in [0, 0.05) is 37.7 Å². The van der Waals surface area contributed by atoms with Crippen LogP contribution in [0.5, 0.6) is 0 Å². The fraction of sp³-hybridized carbons (Fsp3) is 0.750. The van der Waals surface area contributed by atoms with Crippen LogP contribution >= 0.6 is 11.5 Å². The highest BCUT2D eigenvalue weighted by atomic mass is 32.1. The van der Waals surface area contributed by atoms with Crippen molar-refractivity contribution < 1.29 is 4.79 Å². The normalized spacial score (nSPS) is 20.3. The molecule has 0 spiro atoms. The topological polar surface area (TPSA) is 70.2 Å². The number of nitrogens with zero attached hydrogens (tertiary/aromatic N) is 3. The third-order valence-electron chi connectivity index (χ3n) is 3.27. The van der Waals surface area contributed by atoms with Gasteiger partial charge in [-0.1, -0.05) is 18.3 Å². The van der Waals surface area contributed by atoms with Gasteiger partial charge in [0.2, 0.25) is 5.91 Å². The number of aromatic nitrogens is 2. The maximum absolute atomic E-state index is 11.8. The lowest BCUT2D eigenvalue weighted by Gasteiger charge is -2.33. The summed E-state index contributed by atoms with van der Waals surface area (Å²) in [6.45, 7) is 7.37. The molecule has 0 bridgehead atoms. The van der Waals surface area contributed by atoms with E-state index in [9.17, 15) is 4.79 Å². The molecular weight excluding hydrogens is 262 g/mol. The molecule has 1 fully saturated rings. The smallest absolute Gasteiger partial charge is 0.237 e. The molecule has 1 atom stereocenters. The summed E-state index contributed by atoms with van der Waals surface area (Å²) in [6, 6.07) is -0.0468. The number of carbonyl (C=O) groups is 1. The molecule has 1 amide bonds. The Morgan fingerprint density at radius 1 is 1.53 bits per heavy atom. The first kappa shape index (κ1) is 14.2. The van der Waals surface area contributed by atoms with Crippen molar-refractivity contribution in [2.45, 2.75) is 39.3 Å². The van der Waals surface area contributed by atoms with Crippen LogP contribution < -0.4 is 10.6 Å². The Hall–Kier alpha value is -1.21. The molecule has 1 saturated heterocycles. The van der Waals surface area contributed by atoms with E-state index >= 15 is 0 Å². The lowest BCUT2D eigenvalue weighted by Crippen LogP contribution is -2.54. The van der Waals surface area contributed by atoms with Crippen LogP contribution in [0.1, 0.15) is 32.4 Å². The number of carbonyl (C=O) groups excluding carboxylic acids is 1. The van der Waals surface area contributed by atoms with Gasteiger partial charge in [-0.25, -0.2) is 0 Å². The summed E-state index contributed by atoms with van der Waals surface area (Å²) in [5.41, 5.74) is 0.951. The molecule has 19 heavy (non-hydrogen) atoms. The van der Waals surface area contributed by atoms with E-state index in [4.69, 9.17) is 0 Å². The summed E-state index contributed by atoms with van der Waals surface area (Å²) in [5, 5.41) is 11.5. The van der Waals surface area contributed by atoms with E-state index in [1.54, 1.807) is 0 Å². The van der Waals surface area contributed by atoms with Crippen molar-refractivity contribution in [1.82, 2.24) is 19.8 Å². The van der Waals surface area contributed by atoms with Crippen molar-refractivity contribution >= 4 is 22.4 Å². The van der Waals surface area contributed by atoms with Gasteiger partial charge < -0.3 is 10.6 Å². The quantitative estimate of drug-likeness (QED) is 0.817. The number of hydrogen-bond donors (Lipinski definition) is 2. The van der Waals surface area contributed by atoms with E-state index in [2.05, 4.69) is 32.0 Å².